The van der Waals surface area contributed by atoms with Crippen molar-refractivity contribution in [3.63, 3.8) is 0 Å². The van der Waals surface area contributed by atoms with Crippen molar-refractivity contribution < 1.29 is 9.84 Å². The van der Waals surface area contributed by atoms with Crippen LogP contribution < -0.4 is 10.1 Å². The molecule has 2 N–H and O–H groups in total. The third-order valence-corrected chi connectivity index (χ3v) is 5.04. The van der Waals surface area contributed by atoms with E-state index in [2.05, 4.69) is 23.3 Å². The van der Waals surface area contributed by atoms with E-state index in [1.165, 1.54) is 4.70 Å². The second-order valence-electron chi connectivity index (χ2n) is 5.86. The smallest absolute Gasteiger partial charge is 0.119 e. The Labute approximate surface area is 146 Å². The lowest BCUT2D eigenvalue weighted by molar-refractivity contribution is 0.234. The number of ether oxygens (including phenoxy) is 1. The first-order valence-corrected chi connectivity index (χ1v) is 8.86. The first kappa shape index (κ1) is 16.9. The van der Waals surface area contributed by atoms with E-state index in [9.17, 15) is 5.11 Å². The molecule has 1 aromatic heterocycles. The van der Waals surface area contributed by atoms with Crippen molar-refractivity contribution in [1.29, 1.82) is 0 Å². The van der Waals surface area contributed by atoms with E-state index in [1.54, 1.807) is 18.4 Å². The molecule has 0 saturated carbocycles. The predicted molar refractivity (Wildman–Crippen MR) is 98.7 cm³/mol. The molecule has 3 aromatic rings. The third kappa shape index (κ3) is 3.93. The third-order valence-electron chi connectivity index (χ3n) is 3.98. The highest BCUT2D eigenvalue weighted by Gasteiger charge is 2.16. The topological polar surface area (TPSA) is 54.4 Å². The van der Waals surface area contributed by atoms with Crippen LogP contribution in [0.1, 0.15) is 23.5 Å². The minimum atomic E-state index is -0.121. The molecule has 1 heterocycles. The van der Waals surface area contributed by atoms with Crippen molar-refractivity contribution in [2.24, 2.45) is 0 Å². The average Bonchev–Trinajstić information content (AvgIpc) is 3.01. The molecule has 2 atom stereocenters. The summed E-state index contributed by atoms with van der Waals surface area (Å²) < 4.78 is 6.48. The lowest BCUT2D eigenvalue weighted by Gasteiger charge is -2.22. The van der Waals surface area contributed by atoms with Crippen LogP contribution in [0.3, 0.4) is 0 Å². The summed E-state index contributed by atoms with van der Waals surface area (Å²) >= 11 is 1.73. The van der Waals surface area contributed by atoms with Gasteiger partial charge in [0.25, 0.3) is 0 Å². The maximum Gasteiger partial charge on any atom is 0.119 e. The van der Waals surface area contributed by atoms with Crippen molar-refractivity contribution >= 4 is 21.6 Å². The van der Waals surface area contributed by atoms with Gasteiger partial charge in [-0.05, 0) is 36.8 Å². The Kier molecular flexibility index (Phi) is 5.45. The van der Waals surface area contributed by atoms with Gasteiger partial charge in [-0.1, -0.05) is 24.3 Å². The first-order chi connectivity index (χ1) is 11.7. The fourth-order valence-corrected chi connectivity index (χ4v) is 3.88. The number of thiazole rings is 1. The Bertz CT molecular complexity index is 770. The van der Waals surface area contributed by atoms with Crippen LogP contribution in [0.5, 0.6) is 5.75 Å². The van der Waals surface area contributed by atoms with Crippen LogP contribution in [-0.2, 0) is 6.42 Å². The standard InChI is InChI=1S/C19H22N2O2S/c1-13(10-19-21-16-8-3-4-9-18(16)24-19)20-17(12-22)14-6-5-7-15(11-14)23-2/h3-9,11,13,17,20,22H,10,12H2,1-2H3. The van der Waals surface area contributed by atoms with Crippen molar-refractivity contribution in [2.75, 3.05) is 13.7 Å². The van der Waals surface area contributed by atoms with Crippen LogP contribution in [0, 0.1) is 0 Å². The summed E-state index contributed by atoms with van der Waals surface area (Å²) in [5.74, 6) is 0.798. The molecular weight excluding hydrogens is 320 g/mol. The number of hydrogen-bond donors (Lipinski definition) is 2. The maximum atomic E-state index is 9.76. The molecular formula is C19H22N2O2S. The molecule has 0 spiro atoms. The first-order valence-electron chi connectivity index (χ1n) is 8.05. The molecule has 2 aromatic carbocycles. The molecule has 3 rings (SSSR count). The predicted octanol–water partition coefficient (Wildman–Crippen LogP) is 3.56. The van der Waals surface area contributed by atoms with Gasteiger partial charge in [-0.2, -0.15) is 0 Å². The summed E-state index contributed by atoms with van der Waals surface area (Å²) in [4.78, 5) is 4.68. The number of aliphatic hydroxyl groups excluding tert-OH is 1. The van der Waals surface area contributed by atoms with Gasteiger partial charge in [-0.15, -0.1) is 11.3 Å². The van der Waals surface area contributed by atoms with Gasteiger partial charge >= 0.3 is 0 Å². The van der Waals surface area contributed by atoms with E-state index < -0.39 is 0 Å². The monoisotopic (exact) mass is 342 g/mol. The number of aromatic nitrogens is 1. The van der Waals surface area contributed by atoms with Crippen LogP contribution in [0.25, 0.3) is 10.2 Å². The zero-order valence-corrected chi connectivity index (χ0v) is 14.7. The quantitative estimate of drug-likeness (QED) is 0.689. The van der Waals surface area contributed by atoms with Gasteiger partial charge in [0.05, 0.1) is 35.0 Å². The number of nitrogens with one attached hydrogen (secondary N) is 1. The Morgan fingerprint density at radius 2 is 2.04 bits per heavy atom. The summed E-state index contributed by atoms with van der Waals surface area (Å²) in [5, 5.41) is 14.4. The molecule has 0 aliphatic rings. The van der Waals surface area contributed by atoms with Crippen LogP contribution in [0.4, 0.5) is 0 Å². The highest BCUT2D eigenvalue weighted by molar-refractivity contribution is 7.18. The molecule has 126 valence electrons. The summed E-state index contributed by atoms with van der Waals surface area (Å²) in [6.07, 6.45) is 0.833. The van der Waals surface area contributed by atoms with Gasteiger partial charge in [0, 0.05) is 12.5 Å². The number of para-hydroxylation sites is 1. The van der Waals surface area contributed by atoms with E-state index >= 15 is 0 Å². The maximum absolute atomic E-state index is 9.76. The molecule has 0 aliphatic carbocycles. The largest absolute Gasteiger partial charge is 0.497 e. The Balaban J connectivity index is 1.68. The average molecular weight is 342 g/mol. The minimum absolute atomic E-state index is 0.0390. The van der Waals surface area contributed by atoms with Crippen LogP contribution in [0.15, 0.2) is 48.5 Å². The SMILES string of the molecule is COc1cccc(C(CO)NC(C)Cc2nc3ccccc3s2)c1. The molecule has 0 aliphatic heterocycles. The highest BCUT2D eigenvalue weighted by atomic mass is 32.1. The fourth-order valence-electron chi connectivity index (χ4n) is 2.78. The van der Waals surface area contributed by atoms with Gasteiger partial charge in [0.15, 0.2) is 0 Å². The van der Waals surface area contributed by atoms with Gasteiger partial charge in [-0.25, -0.2) is 4.98 Å². The van der Waals surface area contributed by atoms with Crippen molar-refractivity contribution in [3.8, 4) is 5.75 Å². The summed E-state index contributed by atoms with van der Waals surface area (Å²) in [5.41, 5.74) is 2.07. The molecule has 5 heteroatoms. The van der Waals surface area contributed by atoms with E-state index in [0.717, 1.165) is 28.3 Å². The Hall–Kier alpha value is -1.95. The van der Waals surface area contributed by atoms with Gasteiger partial charge in [0.2, 0.25) is 0 Å². The minimum Gasteiger partial charge on any atom is -0.497 e. The Morgan fingerprint density at radius 3 is 2.79 bits per heavy atom. The lowest BCUT2D eigenvalue weighted by Crippen LogP contribution is -2.34. The van der Waals surface area contributed by atoms with Gasteiger partial charge in [-0.3, -0.25) is 0 Å². The van der Waals surface area contributed by atoms with E-state index in [4.69, 9.17) is 4.74 Å². The van der Waals surface area contributed by atoms with E-state index in [1.807, 2.05) is 42.5 Å². The number of hydrogen-bond acceptors (Lipinski definition) is 5. The molecule has 24 heavy (non-hydrogen) atoms. The number of rotatable bonds is 7. The van der Waals surface area contributed by atoms with Crippen LogP contribution in [0.2, 0.25) is 0 Å². The Morgan fingerprint density at radius 1 is 1.21 bits per heavy atom. The molecule has 0 bridgehead atoms. The summed E-state index contributed by atoms with van der Waals surface area (Å²) in [7, 11) is 1.65. The fraction of sp³-hybridized carbons (Fsp3) is 0.316. The van der Waals surface area contributed by atoms with Crippen LogP contribution in [-0.4, -0.2) is 29.8 Å². The lowest BCUT2D eigenvalue weighted by atomic mass is 10.1. The van der Waals surface area contributed by atoms with Crippen molar-refractivity contribution in [3.05, 3.63) is 59.1 Å². The zero-order chi connectivity index (χ0) is 16.9. The second-order valence-corrected chi connectivity index (χ2v) is 6.97. The number of aliphatic hydroxyl groups is 1. The van der Waals surface area contributed by atoms with E-state index in [0.29, 0.717) is 0 Å². The number of methoxy groups -OCH3 is 1. The number of nitrogens with zero attached hydrogens (tertiary/aromatic N) is 1. The normalized spacial score (nSPS) is 13.8. The van der Waals surface area contributed by atoms with Crippen molar-refractivity contribution in [1.82, 2.24) is 10.3 Å². The molecule has 2 unspecified atom stereocenters. The van der Waals surface area contributed by atoms with Gasteiger partial charge < -0.3 is 15.2 Å². The molecule has 0 saturated heterocycles. The molecule has 4 nitrogen and oxygen atoms in total. The second kappa shape index (κ2) is 7.75. The van der Waals surface area contributed by atoms with Gasteiger partial charge in [0.1, 0.15) is 5.75 Å². The highest BCUT2D eigenvalue weighted by Crippen LogP contribution is 2.24. The van der Waals surface area contributed by atoms with Crippen molar-refractivity contribution in [2.45, 2.75) is 25.4 Å². The molecule has 0 radical (unpaired) electrons. The zero-order valence-electron chi connectivity index (χ0n) is 13.9. The van der Waals surface area contributed by atoms with Crippen LogP contribution >= 0.6 is 11.3 Å². The molecule has 0 fully saturated rings. The number of fused-ring (bicyclic) bond motifs is 1. The van der Waals surface area contributed by atoms with E-state index in [-0.39, 0.29) is 18.7 Å². The molecule has 0 amide bonds. The summed E-state index contributed by atoms with van der Waals surface area (Å²) in [6, 6.07) is 16.1. The summed E-state index contributed by atoms with van der Waals surface area (Å²) in [6.45, 7) is 2.16. The number of benzene rings is 2.